The summed E-state index contributed by atoms with van der Waals surface area (Å²) in [5, 5.41) is 8.70. The predicted octanol–water partition coefficient (Wildman–Crippen LogP) is 4.16. The Labute approximate surface area is 116 Å². The number of hydrogen-bond donors (Lipinski definition) is 1. The van der Waals surface area contributed by atoms with E-state index in [1.807, 2.05) is 0 Å². The number of carbonyl (C=O) groups is 1. The van der Waals surface area contributed by atoms with Gasteiger partial charge in [-0.1, -0.05) is 31.2 Å². The van der Waals surface area contributed by atoms with Crippen LogP contribution in [0.2, 0.25) is 0 Å². The number of halogens is 6. The summed E-state index contributed by atoms with van der Waals surface area (Å²) in [6.07, 6.45) is -10.8. The van der Waals surface area contributed by atoms with Crippen molar-refractivity contribution < 1.29 is 36.2 Å². The number of carboxylic acid groups (broad SMARTS) is 1. The summed E-state index contributed by atoms with van der Waals surface area (Å²) >= 11 is 0. The average Bonchev–Trinajstić information content (AvgIpc) is 2.27. The van der Waals surface area contributed by atoms with Gasteiger partial charge in [0.05, 0.1) is 5.92 Å². The first-order chi connectivity index (χ1) is 9.43. The molecule has 0 saturated carbocycles. The van der Waals surface area contributed by atoms with Gasteiger partial charge < -0.3 is 5.11 Å². The van der Waals surface area contributed by atoms with E-state index in [0.717, 1.165) is 24.3 Å². The summed E-state index contributed by atoms with van der Waals surface area (Å²) in [6.45, 7) is 1.39. The van der Waals surface area contributed by atoms with Crippen molar-refractivity contribution in [2.45, 2.75) is 31.6 Å². The van der Waals surface area contributed by atoms with Crippen LogP contribution in [0.5, 0.6) is 0 Å². The minimum absolute atomic E-state index is 0.0261. The molecule has 0 saturated heterocycles. The van der Waals surface area contributed by atoms with E-state index in [1.165, 1.54) is 6.92 Å². The van der Waals surface area contributed by atoms with Gasteiger partial charge in [-0.25, -0.2) is 0 Å². The van der Waals surface area contributed by atoms with Gasteiger partial charge in [0.2, 0.25) is 0 Å². The van der Waals surface area contributed by atoms with Crippen LogP contribution in [0.15, 0.2) is 24.3 Å². The van der Waals surface area contributed by atoms with Crippen LogP contribution in [0.1, 0.15) is 24.0 Å². The summed E-state index contributed by atoms with van der Waals surface area (Å²) in [6, 6.07) is 3.63. The molecule has 0 fully saturated rings. The molecule has 8 heteroatoms. The van der Waals surface area contributed by atoms with E-state index >= 15 is 0 Å². The Morgan fingerprint density at radius 3 is 1.81 bits per heavy atom. The highest BCUT2D eigenvalue weighted by atomic mass is 19.4. The lowest BCUT2D eigenvalue weighted by Gasteiger charge is -2.23. The third-order valence-corrected chi connectivity index (χ3v) is 2.93. The molecule has 0 amide bonds. The van der Waals surface area contributed by atoms with Crippen LogP contribution in [0.4, 0.5) is 26.3 Å². The van der Waals surface area contributed by atoms with Gasteiger partial charge in [-0.05, 0) is 17.5 Å². The lowest BCUT2D eigenvalue weighted by molar-refractivity contribution is -0.253. The van der Waals surface area contributed by atoms with Crippen molar-refractivity contribution in [3.63, 3.8) is 0 Å². The standard InChI is InChI=1S/C13H12F6O2/c1-7(11(20)21)6-8-2-4-9(5-3-8)10(12(14,15)16)13(17,18)19/h2-5,7,10H,6H2,1H3,(H,20,21). The molecular formula is C13H12F6O2. The molecule has 1 N–H and O–H groups in total. The third-order valence-electron chi connectivity index (χ3n) is 2.93. The molecule has 1 atom stereocenters. The first-order valence-corrected chi connectivity index (χ1v) is 5.88. The van der Waals surface area contributed by atoms with Gasteiger partial charge in [0.1, 0.15) is 0 Å². The summed E-state index contributed by atoms with van der Waals surface area (Å²) in [7, 11) is 0. The first kappa shape index (κ1) is 17.3. The lowest BCUT2D eigenvalue weighted by atomic mass is 9.94. The number of rotatable bonds is 4. The predicted molar refractivity (Wildman–Crippen MR) is 61.8 cm³/mol. The van der Waals surface area contributed by atoms with E-state index in [9.17, 15) is 31.1 Å². The second-order valence-corrected chi connectivity index (χ2v) is 4.70. The molecule has 1 aromatic rings. The quantitative estimate of drug-likeness (QED) is 0.847. The number of aliphatic carboxylic acids is 1. The van der Waals surface area contributed by atoms with Crippen LogP contribution in [-0.2, 0) is 11.2 Å². The van der Waals surface area contributed by atoms with Crippen molar-refractivity contribution in [3.05, 3.63) is 35.4 Å². The maximum atomic E-state index is 12.5. The number of alkyl halides is 6. The van der Waals surface area contributed by atoms with Crippen molar-refractivity contribution in [2.75, 3.05) is 0 Å². The second-order valence-electron chi connectivity index (χ2n) is 4.70. The van der Waals surface area contributed by atoms with Gasteiger partial charge >= 0.3 is 18.3 Å². The van der Waals surface area contributed by atoms with E-state index < -0.39 is 35.7 Å². The molecule has 0 aliphatic carbocycles. The molecule has 2 nitrogen and oxygen atoms in total. The molecule has 0 aliphatic heterocycles. The molecule has 1 unspecified atom stereocenters. The smallest absolute Gasteiger partial charge is 0.404 e. The number of benzene rings is 1. The normalized spacial score (nSPS) is 14.3. The van der Waals surface area contributed by atoms with Crippen LogP contribution in [0.25, 0.3) is 0 Å². The highest BCUT2D eigenvalue weighted by Crippen LogP contribution is 2.46. The number of hydrogen-bond acceptors (Lipinski definition) is 1. The van der Waals surface area contributed by atoms with E-state index in [2.05, 4.69) is 0 Å². The van der Waals surface area contributed by atoms with E-state index in [-0.39, 0.29) is 6.42 Å². The molecule has 1 rings (SSSR count). The van der Waals surface area contributed by atoms with Crippen molar-refractivity contribution in [1.29, 1.82) is 0 Å². The summed E-state index contributed by atoms with van der Waals surface area (Å²) in [4.78, 5) is 10.6. The molecular weight excluding hydrogens is 302 g/mol. The SMILES string of the molecule is CC(Cc1ccc(C(C(F)(F)F)C(F)(F)F)cc1)C(=O)O. The summed E-state index contributed by atoms with van der Waals surface area (Å²) in [5.74, 6) is -5.42. The van der Waals surface area contributed by atoms with Crippen LogP contribution < -0.4 is 0 Å². The topological polar surface area (TPSA) is 37.3 Å². The Morgan fingerprint density at radius 2 is 1.48 bits per heavy atom. The summed E-state index contributed by atoms with van der Waals surface area (Å²) < 4.78 is 75.1. The Morgan fingerprint density at radius 1 is 1.05 bits per heavy atom. The zero-order valence-corrected chi connectivity index (χ0v) is 10.8. The highest BCUT2D eigenvalue weighted by Gasteiger charge is 2.57. The molecule has 1 aromatic carbocycles. The zero-order chi connectivity index (χ0) is 16.4. The molecule has 0 spiro atoms. The molecule has 0 aromatic heterocycles. The highest BCUT2D eigenvalue weighted by molar-refractivity contribution is 5.69. The fourth-order valence-electron chi connectivity index (χ4n) is 1.85. The maximum Gasteiger partial charge on any atom is 0.404 e. The monoisotopic (exact) mass is 314 g/mol. The fourth-order valence-corrected chi connectivity index (χ4v) is 1.85. The first-order valence-electron chi connectivity index (χ1n) is 5.88. The van der Waals surface area contributed by atoms with Gasteiger partial charge in [0.25, 0.3) is 0 Å². The summed E-state index contributed by atoms with van der Waals surface area (Å²) in [5.41, 5.74) is -0.557. The Kier molecular flexibility index (Phi) is 4.91. The second kappa shape index (κ2) is 5.95. The lowest BCUT2D eigenvalue weighted by Crippen LogP contribution is -2.34. The van der Waals surface area contributed by atoms with Gasteiger partial charge in [0, 0.05) is 0 Å². The Balaban J connectivity index is 3.02. The van der Waals surface area contributed by atoms with Crippen molar-refractivity contribution in [3.8, 4) is 0 Å². The minimum atomic E-state index is -5.44. The van der Waals surface area contributed by atoms with Gasteiger partial charge in [-0.3, -0.25) is 4.79 Å². The molecule has 0 bridgehead atoms. The number of carboxylic acids is 1. The molecule has 0 aliphatic rings. The third kappa shape index (κ3) is 4.64. The van der Waals surface area contributed by atoms with Gasteiger partial charge in [-0.15, -0.1) is 0 Å². The zero-order valence-electron chi connectivity index (χ0n) is 10.8. The fraction of sp³-hybridized carbons (Fsp3) is 0.462. The Hall–Kier alpha value is -1.73. The average molecular weight is 314 g/mol. The van der Waals surface area contributed by atoms with Crippen LogP contribution in [0.3, 0.4) is 0 Å². The van der Waals surface area contributed by atoms with E-state index in [1.54, 1.807) is 0 Å². The van der Waals surface area contributed by atoms with Crippen LogP contribution in [-0.4, -0.2) is 23.4 Å². The van der Waals surface area contributed by atoms with Crippen molar-refractivity contribution in [2.24, 2.45) is 5.92 Å². The molecule has 0 heterocycles. The minimum Gasteiger partial charge on any atom is -0.481 e. The van der Waals surface area contributed by atoms with Crippen LogP contribution in [0, 0.1) is 5.92 Å². The van der Waals surface area contributed by atoms with Crippen LogP contribution >= 0.6 is 0 Å². The van der Waals surface area contributed by atoms with Crippen molar-refractivity contribution in [1.82, 2.24) is 0 Å². The largest absolute Gasteiger partial charge is 0.481 e. The van der Waals surface area contributed by atoms with Crippen molar-refractivity contribution >= 4 is 5.97 Å². The van der Waals surface area contributed by atoms with E-state index in [4.69, 9.17) is 5.11 Å². The Bertz CT molecular complexity index is 475. The van der Waals surface area contributed by atoms with Gasteiger partial charge in [0.15, 0.2) is 5.92 Å². The molecule has 21 heavy (non-hydrogen) atoms. The van der Waals surface area contributed by atoms with Gasteiger partial charge in [-0.2, -0.15) is 26.3 Å². The molecule has 118 valence electrons. The molecule has 0 radical (unpaired) electrons. The van der Waals surface area contributed by atoms with E-state index in [0.29, 0.717) is 5.56 Å². The maximum absolute atomic E-state index is 12.5.